The first-order valence-electron chi connectivity index (χ1n) is 6.01. The molecule has 102 valence electrons. The third-order valence-electron chi connectivity index (χ3n) is 2.43. The number of hydrogen-bond acceptors (Lipinski definition) is 4. The molecule has 0 aliphatic rings. The quantitative estimate of drug-likeness (QED) is 0.757. The van der Waals surface area contributed by atoms with E-state index in [9.17, 15) is 8.42 Å². The average Bonchev–Trinajstić information content (AvgIpc) is 2.32. The van der Waals surface area contributed by atoms with Gasteiger partial charge in [0.1, 0.15) is 5.75 Å². The Morgan fingerprint density at radius 1 is 1.33 bits per heavy atom. The topological polar surface area (TPSA) is 59.5 Å². The number of sulfonamides is 1. The summed E-state index contributed by atoms with van der Waals surface area (Å²) in [5.74, 6) is 0.862. The Kier molecular flexibility index (Phi) is 5.55. The molecule has 0 aromatic carbocycles. The smallest absolute Gasteiger partial charge is 0.214 e. The molecule has 1 aromatic rings. The fourth-order valence-electron chi connectivity index (χ4n) is 1.50. The summed E-state index contributed by atoms with van der Waals surface area (Å²) in [5.41, 5.74) is 0.709. The van der Waals surface area contributed by atoms with Crippen LogP contribution in [0.4, 0.5) is 0 Å². The highest BCUT2D eigenvalue weighted by Crippen LogP contribution is 2.11. The van der Waals surface area contributed by atoms with Crippen molar-refractivity contribution in [1.29, 1.82) is 0 Å². The number of rotatable bonds is 7. The van der Waals surface area contributed by atoms with Crippen LogP contribution >= 0.6 is 0 Å². The van der Waals surface area contributed by atoms with Crippen molar-refractivity contribution in [3.63, 3.8) is 0 Å². The molecule has 0 saturated carbocycles. The predicted octanol–water partition coefficient (Wildman–Crippen LogP) is 1.65. The molecule has 0 saturated heterocycles. The molecule has 6 heteroatoms. The molecular formula is C12H20N2O3S. The van der Waals surface area contributed by atoms with E-state index in [1.165, 1.54) is 4.31 Å². The molecule has 0 spiro atoms. The molecule has 0 aliphatic carbocycles. The van der Waals surface area contributed by atoms with E-state index in [1.807, 2.05) is 13.8 Å². The van der Waals surface area contributed by atoms with Gasteiger partial charge in [-0.1, -0.05) is 6.92 Å². The van der Waals surface area contributed by atoms with Crippen LogP contribution in [0.5, 0.6) is 5.75 Å². The van der Waals surface area contributed by atoms with Crippen LogP contribution < -0.4 is 4.74 Å². The summed E-state index contributed by atoms with van der Waals surface area (Å²) in [7, 11) is -1.59. The highest BCUT2D eigenvalue weighted by Gasteiger charge is 2.17. The molecule has 0 N–H and O–H groups in total. The molecule has 18 heavy (non-hydrogen) atoms. The van der Waals surface area contributed by atoms with Gasteiger partial charge in [0.15, 0.2) is 0 Å². The Hall–Kier alpha value is -1.14. The van der Waals surface area contributed by atoms with Crippen LogP contribution in [-0.2, 0) is 16.6 Å². The lowest BCUT2D eigenvalue weighted by atomic mass is 10.3. The van der Waals surface area contributed by atoms with Crippen LogP contribution in [0, 0.1) is 0 Å². The van der Waals surface area contributed by atoms with Gasteiger partial charge in [-0.2, -0.15) is 4.31 Å². The number of aromatic nitrogens is 1. The lowest BCUT2D eigenvalue weighted by Gasteiger charge is -2.16. The summed E-state index contributed by atoms with van der Waals surface area (Å²) in [5, 5.41) is 0. The molecule has 0 bridgehead atoms. The molecule has 0 unspecified atom stereocenters. The van der Waals surface area contributed by atoms with E-state index in [0.717, 1.165) is 0 Å². The minimum absolute atomic E-state index is 0.167. The lowest BCUT2D eigenvalue weighted by Crippen LogP contribution is -2.28. The molecule has 0 aliphatic heterocycles. The van der Waals surface area contributed by atoms with Crippen molar-refractivity contribution in [2.24, 2.45) is 0 Å². The van der Waals surface area contributed by atoms with Gasteiger partial charge < -0.3 is 4.74 Å². The fraction of sp³-hybridized carbons (Fsp3) is 0.583. The second-order valence-electron chi connectivity index (χ2n) is 3.99. The van der Waals surface area contributed by atoms with Crippen LogP contribution in [0.3, 0.4) is 0 Å². The Labute approximate surface area is 109 Å². The van der Waals surface area contributed by atoms with Gasteiger partial charge in [-0.25, -0.2) is 8.42 Å². The number of nitrogens with zero attached hydrogens (tertiary/aromatic N) is 2. The van der Waals surface area contributed by atoms with Gasteiger partial charge in [-0.15, -0.1) is 0 Å². The SMILES string of the molecule is CCCS(=O)(=O)N(C)Cc1ccc(OCC)cn1. The van der Waals surface area contributed by atoms with Gasteiger partial charge in [0.25, 0.3) is 0 Å². The van der Waals surface area contributed by atoms with E-state index in [-0.39, 0.29) is 12.3 Å². The molecule has 5 nitrogen and oxygen atoms in total. The minimum atomic E-state index is -3.17. The highest BCUT2D eigenvalue weighted by atomic mass is 32.2. The van der Waals surface area contributed by atoms with Crippen molar-refractivity contribution in [2.45, 2.75) is 26.8 Å². The monoisotopic (exact) mass is 272 g/mol. The van der Waals surface area contributed by atoms with Crippen molar-refractivity contribution in [3.05, 3.63) is 24.0 Å². The van der Waals surface area contributed by atoms with E-state index in [1.54, 1.807) is 25.4 Å². The Bertz CT molecular complexity index is 457. The Morgan fingerprint density at radius 2 is 2.06 bits per heavy atom. The molecule has 1 heterocycles. The zero-order chi connectivity index (χ0) is 13.6. The van der Waals surface area contributed by atoms with Crippen LogP contribution in [0.1, 0.15) is 26.0 Å². The molecular weight excluding hydrogens is 252 g/mol. The summed E-state index contributed by atoms with van der Waals surface area (Å²) in [6, 6.07) is 3.58. The van der Waals surface area contributed by atoms with Gasteiger partial charge in [0.05, 0.1) is 30.8 Å². The molecule has 1 aromatic heterocycles. The zero-order valence-electron chi connectivity index (χ0n) is 11.1. The second-order valence-corrected chi connectivity index (χ2v) is 6.19. The predicted molar refractivity (Wildman–Crippen MR) is 71.0 cm³/mol. The fourth-order valence-corrected chi connectivity index (χ4v) is 2.65. The third kappa shape index (κ3) is 4.27. The molecule has 0 fully saturated rings. The molecule has 0 atom stereocenters. The van der Waals surface area contributed by atoms with Gasteiger partial charge in [0, 0.05) is 7.05 Å². The van der Waals surface area contributed by atoms with Gasteiger partial charge >= 0.3 is 0 Å². The second kappa shape index (κ2) is 6.70. The Morgan fingerprint density at radius 3 is 2.56 bits per heavy atom. The summed E-state index contributed by atoms with van der Waals surface area (Å²) < 4.78 is 30.2. The maximum absolute atomic E-state index is 11.8. The van der Waals surface area contributed by atoms with Crippen molar-refractivity contribution in [1.82, 2.24) is 9.29 Å². The summed E-state index contributed by atoms with van der Waals surface area (Å²) in [4.78, 5) is 4.18. The maximum atomic E-state index is 11.8. The van der Waals surface area contributed by atoms with E-state index >= 15 is 0 Å². The normalized spacial score (nSPS) is 11.8. The van der Waals surface area contributed by atoms with Gasteiger partial charge in [-0.05, 0) is 25.5 Å². The number of hydrogen-bond donors (Lipinski definition) is 0. The van der Waals surface area contributed by atoms with Gasteiger partial charge in [-0.3, -0.25) is 4.98 Å². The van der Waals surface area contributed by atoms with Crippen molar-refractivity contribution in [2.75, 3.05) is 19.4 Å². The van der Waals surface area contributed by atoms with Crippen LogP contribution in [0.2, 0.25) is 0 Å². The molecule has 1 rings (SSSR count). The first-order chi connectivity index (χ1) is 8.49. The zero-order valence-corrected chi connectivity index (χ0v) is 11.9. The average molecular weight is 272 g/mol. The van der Waals surface area contributed by atoms with Crippen LogP contribution in [-0.4, -0.2) is 37.1 Å². The van der Waals surface area contributed by atoms with E-state index in [2.05, 4.69) is 4.98 Å². The Balaban J connectivity index is 2.67. The number of ether oxygens (including phenoxy) is 1. The number of pyridine rings is 1. The molecule has 0 amide bonds. The van der Waals surface area contributed by atoms with E-state index < -0.39 is 10.0 Å². The highest BCUT2D eigenvalue weighted by molar-refractivity contribution is 7.89. The van der Waals surface area contributed by atoms with Crippen molar-refractivity contribution >= 4 is 10.0 Å². The van der Waals surface area contributed by atoms with Crippen LogP contribution in [0.15, 0.2) is 18.3 Å². The first-order valence-corrected chi connectivity index (χ1v) is 7.62. The standard InChI is InChI=1S/C12H20N2O3S/c1-4-8-18(15,16)14(3)10-11-6-7-12(9-13-11)17-5-2/h6-7,9H,4-5,8,10H2,1-3H3. The summed E-state index contributed by atoms with van der Waals surface area (Å²) >= 11 is 0. The van der Waals surface area contributed by atoms with E-state index in [4.69, 9.17) is 4.74 Å². The minimum Gasteiger partial charge on any atom is -0.492 e. The third-order valence-corrected chi connectivity index (χ3v) is 4.43. The van der Waals surface area contributed by atoms with E-state index in [0.29, 0.717) is 24.5 Å². The summed E-state index contributed by atoms with van der Waals surface area (Å²) in [6.45, 7) is 4.63. The largest absolute Gasteiger partial charge is 0.492 e. The maximum Gasteiger partial charge on any atom is 0.214 e. The van der Waals surface area contributed by atoms with Crippen molar-refractivity contribution < 1.29 is 13.2 Å². The van der Waals surface area contributed by atoms with Gasteiger partial charge in [0.2, 0.25) is 10.0 Å². The first kappa shape index (κ1) is 14.9. The summed E-state index contributed by atoms with van der Waals surface area (Å²) in [6.07, 6.45) is 2.22. The molecule has 0 radical (unpaired) electrons. The van der Waals surface area contributed by atoms with Crippen LogP contribution in [0.25, 0.3) is 0 Å². The van der Waals surface area contributed by atoms with Crippen molar-refractivity contribution in [3.8, 4) is 5.75 Å². The lowest BCUT2D eigenvalue weighted by molar-refractivity contribution is 0.338.